The van der Waals surface area contributed by atoms with E-state index >= 15 is 0 Å². The topological polar surface area (TPSA) is 12.9 Å². The highest BCUT2D eigenvalue weighted by molar-refractivity contribution is 9.10. The second-order valence-corrected chi connectivity index (χ2v) is 3.97. The highest BCUT2D eigenvalue weighted by Crippen LogP contribution is 2.31. The van der Waals surface area contributed by atoms with Crippen LogP contribution in [0.15, 0.2) is 10.7 Å². The third kappa shape index (κ3) is 2.60. The molecule has 72 valence electrons. The molecule has 0 saturated heterocycles. The first kappa shape index (κ1) is 11.3. The van der Waals surface area contributed by atoms with E-state index in [1.54, 1.807) is 0 Å². The number of nitrogens with zero attached hydrogens (tertiary/aromatic N) is 1. The van der Waals surface area contributed by atoms with E-state index in [4.69, 9.17) is 11.6 Å². The van der Waals surface area contributed by atoms with Crippen molar-refractivity contribution < 1.29 is 8.78 Å². The average molecular weight is 335 g/mol. The summed E-state index contributed by atoms with van der Waals surface area (Å²) in [4.78, 5) is 3.68. The van der Waals surface area contributed by atoms with Gasteiger partial charge in [-0.25, -0.2) is 13.8 Å². The van der Waals surface area contributed by atoms with Crippen molar-refractivity contribution in [2.45, 2.75) is 11.8 Å². The maximum Gasteiger partial charge on any atom is 0.267 e. The summed E-state index contributed by atoms with van der Waals surface area (Å²) >= 11 is 11.7. The van der Waals surface area contributed by atoms with Crippen molar-refractivity contribution in [3.05, 3.63) is 26.9 Å². The van der Waals surface area contributed by atoms with Crippen LogP contribution in [0.5, 0.6) is 0 Å². The molecule has 0 aliphatic carbocycles. The van der Waals surface area contributed by atoms with Crippen molar-refractivity contribution in [3.63, 3.8) is 0 Å². The molecule has 0 spiro atoms. The summed E-state index contributed by atoms with van der Waals surface area (Å²) in [6.07, 6.45) is -2.60. The fourth-order valence-corrected chi connectivity index (χ4v) is 2.20. The summed E-state index contributed by atoms with van der Waals surface area (Å²) in [6, 6.07) is 1.52. The van der Waals surface area contributed by atoms with E-state index in [1.165, 1.54) is 6.07 Å². The van der Waals surface area contributed by atoms with Gasteiger partial charge in [0.2, 0.25) is 0 Å². The van der Waals surface area contributed by atoms with Crippen LogP contribution in [-0.4, -0.2) is 4.98 Å². The number of hydrogen-bond donors (Lipinski definition) is 0. The van der Waals surface area contributed by atoms with Crippen LogP contribution in [0.25, 0.3) is 0 Å². The Balaban J connectivity index is 3.30. The minimum atomic E-state index is -2.60. The predicted molar refractivity (Wildman–Crippen MR) is 54.5 cm³/mol. The Hall–Kier alpha value is 0.260. The SMILES string of the molecule is FC(F)c1c(CBr)cc(Br)nc1Cl. The van der Waals surface area contributed by atoms with Crippen molar-refractivity contribution in [3.8, 4) is 0 Å². The third-order valence-corrected chi connectivity index (χ3v) is 2.73. The smallest absolute Gasteiger partial charge is 0.229 e. The van der Waals surface area contributed by atoms with Gasteiger partial charge in [-0.3, -0.25) is 0 Å². The first-order valence-corrected chi connectivity index (χ1v) is 5.54. The summed E-state index contributed by atoms with van der Waals surface area (Å²) < 4.78 is 25.3. The molecule has 0 radical (unpaired) electrons. The third-order valence-electron chi connectivity index (χ3n) is 1.43. The molecule has 0 amide bonds. The van der Waals surface area contributed by atoms with Crippen molar-refractivity contribution >= 4 is 43.5 Å². The Morgan fingerprint density at radius 1 is 1.54 bits per heavy atom. The molecule has 0 fully saturated rings. The summed E-state index contributed by atoms with van der Waals surface area (Å²) in [5.41, 5.74) is 0.239. The molecular formula is C7H4Br2ClF2N. The normalized spacial score (nSPS) is 10.9. The van der Waals surface area contributed by atoms with E-state index < -0.39 is 6.43 Å². The zero-order valence-electron chi connectivity index (χ0n) is 6.20. The van der Waals surface area contributed by atoms with Crippen molar-refractivity contribution in [2.24, 2.45) is 0 Å². The van der Waals surface area contributed by atoms with Gasteiger partial charge in [0, 0.05) is 5.33 Å². The summed E-state index contributed by atoms with van der Waals surface area (Å²) in [5.74, 6) is 0. The Morgan fingerprint density at radius 2 is 2.15 bits per heavy atom. The van der Waals surface area contributed by atoms with Gasteiger partial charge in [-0.2, -0.15) is 0 Å². The Kier molecular flexibility index (Phi) is 4.06. The fraction of sp³-hybridized carbons (Fsp3) is 0.286. The molecule has 0 aliphatic heterocycles. The van der Waals surface area contributed by atoms with Crippen LogP contribution in [0, 0.1) is 0 Å². The molecule has 0 saturated carbocycles. The molecule has 13 heavy (non-hydrogen) atoms. The Morgan fingerprint density at radius 3 is 2.62 bits per heavy atom. The van der Waals surface area contributed by atoms with Crippen LogP contribution in [0.1, 0.15) is 17.6 Å². The maximum absolute atomic E-state index is 12.4. The summed E-state index contributed by atoms with van der Waals surface area (Å²) in [7, 11) is 0. The monoisotopic (exact) mass is 333 g/mol. The van der Waals surface area contributed by atoms with Gasteiger partial charge < -0.3 is 0 Å². The lowest BCUT2D eigenvalue weighted by Crippen LogP contribution is -1.96. The number of aromatic nitrogens is 1. The van der Waals surface area contributed by atoms with E-state index in [0.29, 0.717) is 15.5 Å². The molecule has 1 nitrogen and oxygen atoms in total. The molecule has 1 aromatic heterocycles. The van der Waals surface area contributed by atoms with Crippen molar-refractivity contribution in [1.82, 2.24) is 4.98 Å². The van der Waals surface area contributed by atoms with Crippen LogP contribution in [0.4, 0.5) is 8.78 Å². The van der Waals surface area contributed by atoms with Gasteiger partial charge in [0.1, 0.15) is 9.76 Å². The molecule has 0 bridgehead atoms. The summed E-state index contributed by atoms with van der Waals surface area (Å²) in [6.45, 7) is 0. The summed E-state index contributed by atoms with van der Waals surface area (Å²) in [5, 5.41) is 0.173. The Labute approximate surface area is 95.8 Å². The van der Waals surface area contributed by atoms with Crippen LogP contribution in [-0.2, 0) is 5.33 Å². The first-order chi connectivity index (χ1) is 6.06. The molecule has 0 atom stereocenters. The number of pyridine rings is 1. The number of alkyl halides is 3. The quantitative estimate of drug-likeness (QED) is 0.579. The van der Waals surface area contributed by atoms with Gasteiger partial charge in [0.15, 0.2) is 0 Å². The highest BCUT2D eigenvalue weighted by Gasteiger charge is 2.18. The van der Waals surface area contributed by atoms with Gasteiger partial charge in [0.25, 0.3) is 6.43 Å². The zero-order chi connectivity index (χ0) is 10.0. The minimum Gasteiger partial charge on any atom is -0.229 e. The van der Waals surface area contributed by atoms with Gasteiger partial charge in [0.05, 0.1) is 5.56 Å². The van der Waals surface area contributed by atoms with Gasteiger partial charge in [-0.1, -0.05) is 27.5 Å². The van der Waals surface area contributed by atoms with Gasteiger partial charge >= 0.3 is 0 Å². The largest absolute Gasteiger partial charge is 0.267 e. The lowest BCUT2D eigenvalue weighted by molar-refractivity contribution is 0.150. The van der Waals surface area contributed by atoms with Gasteiger partial charge in [-0.05, 0) is 27.6 Å². The lowest BCUT2D eigenvalue weighted by Gasteiger charge is -2.07. The van der Waals surface area contributed by atoms with Crippen molar-refractivity contribution in [1.29, 1.82) is 0 Å². The van der Waals surface area contributed by atoms with E-state index in [2.05, 4.69) is 36.8 Å². The van der Waals surface area contributed by atoms with E-state index in [9.17, 15) is 8.78 Å². The molecule has 0 N–H and O–H groups in total. The van der Waals surface area contributed by atoms with Crippen LogP contribution in [0.2, 0.25) is 5.15 Å². The maximum atomic E-state index is 12.4. The fourth-order valence-electron chi connectivity index (χ4n) is 0.881. The zero-order valence-corrected chi connectivity index (χ0v) is 10.1. The van der Waals surface area contributed by atoms with Crippen LogP contribution < -0.4 is 0 Å². The molecule has 1 aromatic rings. The van der Waals surface area contributed by atoms with Crippen LogP contribution in [0.3, 0.4) is 0 Å². The predicted octanol–water partition coefficient (Wildman–Crippen LogP) is 4.33. The number of rotatable bonds is 2. The molecule has 1 rings (SSSR count). The average Bonchev–Trinajstić information content (AvgIpc) is 2.01. The minimum absolute atomic E-state index is 0.154. The molecular weight excluding hydrogens is 331 g/mol. The molecule has 0 aliphatic rings. The van der Waals surface area contributed by atoms with Crippen LogP contribution >= 0.6 is 43.5 Å². The molecule has 0 unspecified atom stereocenters. The second-order valence-electron chi connectivity index (χ2n) is 2.24. The van der Waals surface area contributed by atoms with Gasteiger partial charge in [-0.15, -0.1) is 0 Å². The molecule has 1 heterocycles. The van der Waals surface area contributed by atoms with E-state index in [0.717, 1.165) is 0 Å². The number of halogens is 5. The standard InChI is InChI=1S/C7H4Br2ClF2N/c8-2-3-1-4(9)13-6(10)5(3)7(11)12/h1,7H,2H2. The van der Waals surface area contributed by atoms with Crippen molar-refractivity contribution in [2.75, 3.05) is 0 Å². The number of hydrogen-bond acceptors (Lipinski definition) is 1. The molecule has 6 heteroatoms. The second kappa shape index (κ2) is 4.66. The first-order valence-electron chi connectivity index (χ1n) is 3.25. The van der Waals surface area contributed by atoms with E-state index in [-0.39, 0.29) is 10.7 Å². The Bertz CT molecular complexity index is 320. The van der Waals surface area contributed by atoms with E-state index in [1.807, 2.05) is 0 Å². The highest BCUT2D eigenvalue weighted by atomic mass is 79.9. The lowest BCUT2D eigenvalue weighted by atomic mass is 10.2. The molecule has 0 aromatic carbocycles.